The monoisotopic (exact) mass is 267 g/mol. The van der Waals surface area contributed by atoms with Gasteiger partial charge in [-0.25, -0.2) is 4.98 Å². The maximum absolute atomic E-state index is 10.5. The molecule has 102 valence electrons. The van der Waals surface area contributed by atoms with Gasteiger partial charge in [0.25, 0.3) is 0 Å². The van der Waals surface area contributed by atoms with Crippen LogP contribution in [-0.4, -0.2) is 15.1 Å². The minimum Gasteiger partial charge on any atom is -0.384 e. The molecule has 0 amide bonds. The number of H-pyrrole nitrogens is 1. The molecule has 0 aliphatic heterocycles. The Morgan fingerprint density at radius 2 is 2.00 bits per heavy atom. The van der Waals surface area contributed by atoms with Crippen molar-refractivity contribution in [1.29, 1.82) is 0 Å². The number of benzene rings is 2. The van der Waals surface area contributed by atoms with Crippen LogP contribution in [0, 0.1) is 6.92 Å². The van der Waals surface area contributed by atoms with Crippen molar-refractivity contribution in [3.05, 3.63) is 65.0 Å². The van der Waals surface area contributed by atoms with E-state index in [1.165, 1.54) is 0 Å². The second kappa shape index (κ2) is 5.07. The van der Waals surface area contributed by atoms with Gasteiger partial charge in [-0.05, 0) is 35.7 Å². The van der Waals surface area contributed by atoms with Crippen molar-refractivity contribution in [3.63, 3.8) is 0 Å². The number of hydrogen-bond donors (Lipinski definition) is 3. The van der Waals surface area contributed by atoms with Crippen molar-refractivity contribution < 1.29 is 5.11 Å². The molecule has 1 heterocycles. The third-order valence-corrected chi connectivity index (χ3v) is 3.44. The van der Waals surface area contributed by atoms with Gasteiger partial charge in [0.05, 0.1) is 11.0 Å². The molecule has 0 spiro atoms. The van der Waals surface area contributed by atoms with Crippen LogP contribution in [0.2, 0.25) is 0 Å². The van der Waals surface area contributed by atoms with Crippen molar-refractivity contribution in [2.45, 2.75) is 19.6 Å². The number of imidazole rings is 1. The van der Waals surface area contributed by atoms with E-state index in [0.717, 1.165) is 33.5 Å². The highest BCUT2D eigenvalue weighted by Crippen LogP contribution is 2.25. The van der Waals surface area contributed by atoms with Crippen LogP contribution < -0.4 is 5.73 Å². The lowest BCUT2D eigenvalue weighted by molar-refractivity contribution is 0.220. The molecule has 0 saturated heterocycles. The van der Waals surface area contributed by atoms with Crippen molar-refractivity contribution in [2.75, 3.05) is 0 Å². The maximum Gasteiger partial charge on any atom is 0.104 e. The average molecular weight is 267 g/mol. The number of aryl methyl sites for hydroxylation is 1. The highest BCUT2D eigenvalue weighted by molar-refractivity contribution is 5.76. The summed E-state index contributed by atoms with van der Waals surface area (Å²) >= 11 is 0. The van der Waals surface area contributed by atoms with Gasteiger partial charge in [0.15, 0.2) is 0 Å². The van der Waals surface area contributed by atoms with Gasteiger partial charge in [-0.3, -0.25) is 0 Å². The van der Waals surface area contributed by atoms with Gasteiger partial charge in [-0.1, -0.05) is 30.3 Å². The van der Waals surface area contributed by atoms with Gasteiger partial charge < -0.3 is 15.8 Å². The van der Waals surface area contributed by atoms with Crippen molar-refractivity contribution >= 4 is 11.0 Å². The SMILES string of the molecule is Cc1nc2ccc(C(O)c3cccc(CN)c3)cc2[nH]1. The quantitative estimate of drug-likeness (QED) is 0.682. The molecule has 4 heteroatoms. The Balaban J connectivity index is 2.00. The van der Waals surface area contributed by atoms with E-state index in [4.69, 9.17) is 5.73 Å². The van der Waals surface area contributed by atoms with Crippen LogP contribution in [0.25, 0.3) is 11.0 Å². The number of aromatic amines is 1. The molecule has 1 aromatic heterocycles. The van der Waals surface area contributed by atoms with E-state index in [1.54, 1.807) is 0 Å². The lowest BCUT2D eigenvalue weighted by atomic mass is 9.99. The molecule has 0 aliphatic carbocycles. The second-order valence-electron chi connectivity index (χ2n) is 4.95. The Kier molecular flexibility index (Phi) is 3.26. The largest absolute Gasteiger partial charge is 0.384 e. The zero-order valence-corrected chi connectivity index (χ0v) is 11.3. The highest BCUT2D eigenvalue weighted by Gasteiger charge is 2.12. The number of rotatable bonds is 3. The molecule has 20 heavy (non-hydrogen) atoms. The topological polar surface area (TPSA) is 74.9 Å². The van der Waals surface area contributed by atoms with E-state index in [-0.39, 0.29) is 0 Å². The van der Waals surface area contributed by atoms with E-state index in [1.807, 2.05) is 49.4 Å². The van der Waals surface area contributed by atoms with E-state index in [2.05, 4.69) is 9.97 Å². The zero-order valence-electron chi connectivity index (χ0n) is 11.3. The van der Waals surface area contributed by atoms with E-state index in [0.29, 0.717) is 6.54 Å². The fraction of sp³-hybridized carbons (Fsp3) is 0.188. The van der Waals surface area contributed by atoms with Gasteiger partial charge >= 0.3 is 0 Å². The molecule has 4 N–H and O–H groups in total. The Bertz CT molecular complexity index is 748. The molecule has 1 unspecified atom stereocenters. The molecule has 3 aromatic rings. The van der Waals surface area contributed by atoms with Crippen LogP contribution in [0.4, 0.5) is 0 Å². The lowest BCUT2D eigenvalue weighted by Crippen LogP contribution is -2.02. The number of nitrogens with one attached hydrogen (secondary N) is 1. The van der Waals surface area contributed by atoms with Crippen LogP contribution in [-0.2, 0) is 6.54 Å². The number of nitrogens with two attached hydrogens (primary N) is 1. The number of fused-ring (bicyclic) bond motifs is 1. The van der Waals surface area contributed by atoms with Crippen molar-refractivity contribution in [2.24, 2.45) is 5.73 Å². The summed E-state index contributed by atoms with van der Waals surface area (Å²) in [6, 6.07) is 13.5. The summed E-state index contributed by atoms with van der Waals surface area (Å²) in [4.78, 5) is 7.55. The number of nitrogens with zero attached hydrogens (tertiary/aromatic N) is 1. The Morgan fingerprint density at radius 3 is 2.80 bits per heavy atom. The van der Waals surface area contributed by atoms with Gasteiger partial charge in [-0.15, -0.1) is 0 Å². The van der Waals surface area contributed by atoms with Crippen molar-refractivity contribution in [3.8, 4) is 0 Å². The normalized spacial score (nSPS) is 12.8. The summed E-state index contributed by atoms with van der Waals surface area (Å²) < 4.78 is 0. The van der Waals surface area contributed by atoms with Gasteiger partial charge in [-0.2, -0.15) is 0 Å². The molecule has 3 rings (SSSR count). The fourth-order valence-electron chi connectivity index (χ4n) is 2.41. The Hall–Kier alpha value is -2.17. The maximum atomic E-state index is 10.5. The molecular weight excluding hydrogens is 250 g/mol. The lowest BCUT2D eigenvalue weighted by Gasteiger charge is -2.12. The third kappa shape index (κ3) is 2.31. The van der Waals surface area contributed by atoms with Crippen LogP contribution in [0.5, 0.6) is 0 Å². The van der Waals surface area contributed by atoms with Crippen LogP contribution in [0.3, 0.4) is 0 Å². The molecule has 0 aliphatic rings. The molecular formula is C16H17N3O. The van der Waals surface area contributed by atoms with Gasteiger partial charge in [0, 0.05) is 6.54 Å². The minimum absolute atomic E-state index is 0.472. The standard InChI is InChI=1S/C16H17N3O/c1-10-18-14-6-5-13(8-15(14)19-10)16(20)12-4-2-3-11(7-12)9-17/h2-8,16,20H,9,17H2,1H3,(H,18,19). The number of aliphatic hydroxyl groups is 1. The van der Waals surface area contributed by atoms with E-state index >= 15 is 0 Å². The van der Waals surface area contributed by atoms with E-state index < -0.39 is 6.10 Å². The van der Waals surface area contributed by atoms with Gasteiger partial charge in [0.2, 0.25) is 0 Å². The molecule has 4 nitrogen and oxygen atoms in total. The summed E-state index contributed by atoms with van der Waals surface area (Å²) in [5, 5.41) is 10.5. The minimum atomic E-state index is -0.658. The third-order valence-electron chi connectivity index (χ3n) is 3.44. The van der Waals surface area contributed by atoms with Crippen molar-refractivity contribution in [1.82, 2.24) is 9.97 Å². The van der Waals surface area contributed by atoms with E-state index in [9.17, 15) is 5.11 Å². The highest BCUT2D eigenvalue weighted by atomic mass is 16.3. The average Bonchev–Trinajstić information content (AvgIpc) is 2.85. The molecule has 0 bridgehead atoms. The molecule has 0 fully saturated rings. The Morgan fingerprint density at radius 1 is 1.20 bits per heavy atom. The van der Waals surface area contributed by atoms with Crippen LogP contribution in [0.1, 0.15) is 28.6 Å². The predicted octanol–water partition coefficient (Wildman–Crippen LogP) is 2.41. The summed E-state index contributed by atoms with van der Waals surface area (Å²) in [5.41, 5.74) is 10.2. The Labute approximate surface area is 117 Å². The summed E-state index contributed by atoms with van der Waals surface area (Å²) in [6.45, 7) is 2.39. The summed E-state index contributed by atoms with van der Waals surface area (Å²) in [5.74, 6) is 0.872. The van der Waals surface area contributed by atoms with Gasteiger partial charge in [0.1, 0.15) is 11.9 Å². The smallest absolute Gasteiger partial charge is 0.104 e. The number of aliphatic hydroxyl groups excluding tert-OH is 1. The molecule has 2 aromatic carbocycles. The second-order valence-corrected chi connectivity index (χ2v) is 4.95. The number of hydrogen-bond acceptors (Lipinski definition) is 3. The first kappa shape index (κ1) is 12.8. The summed E-state index contributed by atoms with van der Waals surface area (Å²) in [7, 11) is 0. The predicted molar refractivity (Wildman–Crippen MR) is 79.2 cm³/mol. The zero-order chi connectivity index (χ0) is 14.1. The van der Waals surface area contributed by atoms with Crippen LogP contribution >= 0.6 is 0 Å². The fourth-order valence-corrected chi connectivity index (χ4v) is 2.41. The van der Waals surface area contributed by atoms with Crippen LogP contribution in [0.15, 0.2) is 42.5 Å². The first-order chi connectivity index (χ1) is 9.67. The first-order valence-electron chi connectivity index (χ1n) is 6.60. The first-order valence-corrected chi connectivity index (χ1v) is 6.60. The summed E-state index contributed by atoms with van der Waals surface area (Å²) in [6.07, 6.45) is -0.658. The molecule has 0 saturated carbocycles. The molecule has 0 radical (unpaired) electrons. The molecule has 1 atom stereocenters. The number of aromatic nitrogens is 2.